The SMILES string of the molecule is FC(Cl)C(F)C(F)C(F)(F)C(F)(F)C(F)(F)C(F)(F)C(F)(F)C(F)(F)C(F)(F)Cl. The van der Waals surface area contributed by atoms with E-state index in [2.05, 4.69) is 23.2 Å². The molecular formula is C10H3Cl2F17. The summed E-state index contributed by atoms with van der Waals surface area (Å²) in [4.78, 5) is 0. The molecule has 0 aliphatic carbocycles. The van der Waals surface area contributed by atoms with Gasteiger partial charge in [0.15, 0.2) is 6.17 Å². The van der Waals surface area contributed by atoms with E-state index in [1.807, 2.05) is 0 Å². The molecule has 0 bridgehead atoms. The fraction of sp³-hybridized carbons (Fsp3) is 1.00. The van der Waals surface area contributed by atoms with E-state index in [1.54, 1.807) is 0 Å². The van der Waals surface area contributed by atoms with Crippen LogP contribution in [0.3, 0.4) is 0 Å². The summed E-state index contributed by atoms with van der Waals surface area (Å²) in [7, 11) is 0. The summed E-state index contributed by atoms with van der Waals surface area (Å²) in [6, 6.07) is 0. The van der Waals surface area contributed by atoms with Gasteiger partial charge in [0.05, 0.1) is 0 Å². The van der Waals surface area contributed by atoms with Crippen LogP contribution in [-0.4, -0.2) is 58.9 Å². The number of rotatable bonds is 9. The van der Waals surface area contributed by atoms with Crippen LogP contribution in [0, 0.1) is 0 Å². The van der Waals surface area contributed by atoms with Crippen molar-refractivity contribution in [2.24, 2.45) is 0 Å². The number of hydrogen-bond acceptors (Lipinski definition) is 0. The van der Waals surface area contributed by atoms with Crippen LogP contribution in [0.25, 0.3) is 0 Å². The van der Waals surface area contributed by atoms with Crippen LogP contribution < -0.4 is 0 Å². The zero-order valence-electron chi connectivity index (χ0n) is 12.4. The third-order valence-electron chi connectivity index (χ3n) is 3.22. The first-order valence-electron chi connectivity index (χ1n) is 6.16. The van der Waals surface area contributed by atoms with Gasteiger partial charge in [-0.2, -0.15) is 61.5 Å². The fourth-order valence-electron chi connectivity index (χ4n) is 1.48. The molecule has 3 atom stereocenters. The normalized spacial score (nSPS) is 19.1. The van der Waals surface area contributed by atoms with Crippen molar-refractivity contribution in [3.05, 3.63) is 0 Å². The average molecular weight is 517 g/mol. The molecule has 0 amide bonds. The second-order valence-electron chi connectivity index (χ2n) is 5.17. The predicted octanol–water partition coefficient (Wildman–Crippen LogP) is 6.84. The Hall–Kier alpha value is -0.610. The molecule has 0 aliphatic heterocycles. The summed E-state index contributed by atoms with van der Waals surface area (Å²) in [6.07, 6.45) is -10.2. The van der Waals surface area contributed by atoms with E-state index in [9.17, 15) is 74.6 Å². The van der Waals surface area contributed by atoms with Gasteiger partial charge in [0.1, 0.15) is 0 Å². The van der Waals surface area contributed by atoms with Crippen LogP contribution in [0.15, 0.2) is 0 Å². The molecule has 0 heterocycles. The largest absolute Gasteiger partial charge is 0.393 e. The molecule has 0 radical (unpaired) electrons. The molecule has 0 spiro atoms. The van der Waals surface area contributed by atoms with Crippen molar-refractivity contribution in [2.75, 3.05) is 0 Å². The van der Waals surface area contributed by atoms with Crippen molar-refractivity contribution in [1.29, 1.82) is 0 Å². The molecule has 3 unspecified atom stereocenters. The molecular weight excluding hydrogens is 514 g/mol. The van der Waals surface area contributed by atoms with Gasteiger partial charge in [0, 0.05) is 0 Å². The maximum atomic E-state index is 13.2. The summed E-state index contributed by atoms with van der Waals surface area (Å²) in [5.41, 5.74) is -3.98. The van der Waals surface area contributed by atoms with Crippen LogP contribution in [0.1, 0.15) is 0 Å². The molecule has 0 rings (SSSR count). The Morgan fingerprint density at radius 2 is 0.759 bits per heavy atom. The molecule has 0 saturated heterocycles. The zero-order chi connectivity index (χ0) is 24.2. The summed E-state index contributed by atoms with van der Waals surface area (Å²) >= 11 is 7.41. The second-order valence-corrected chi connectivity index (χ2v) is 6.06. The third kappa shape index (κ3) is 3.89. The minimum atomic E-state index is -8.49. The first-order chi connectivity index (χ1) is 12.3. The molecule has 0 aromatic heterocycles. The first-order valence-corrected chi connectivity index (χ1v) is 6.98. The van der Waals surface area contributed by atoms with Crippen LogP contribution >= 0.6 is 23.2 Å². The second kappa shape index (κ2) is 7.51. The smallest absolute Gasteiger partial charge is 0.239 e. The molecule has 19 heteroatoms. The Labute approximate surface area is 157 Å². The highest BCUT2D eigenvalue weighted by Crippen LogP contribution is 2.63. The van der Waals surface area contributed by atoms with Crippen molar-refractivity contribution >= 4 is 23.2 Å². The van der Waals surface area contributed by atoms with Gasteiger partial charge in [-0.05, 0) is 11.6 Å². The summed E-state index contributed by atoms with van der Waals surface area (Å²) in [5.74, 6) is -48.7. The highest BCUT2D eigenvalue weighted by molar-refractivity contribution is 6.22. The average Bonchev–Trinajstić information content (AvgIpc) is 2.50. The van der Waals surface area contributed by atoms with Gasteiger partial charge >= 0.3 is 40.9 Å². The quantitative estimate of drug-likeness (QED) is 0.232. The Bertz CT molecular complexity index is 579. The van der Waals surface area contributed by atoms with Crippen molar-refractivity contribution in [2.45, 2.75) is 58.9 Å². The fourth-order valence-corrected chi connectivity index (χ4v) is 1.73. The maximum Gasteiger partial charge on any atom is 0.393 e. The lowest BCUT2D eigenvalue weighted by atomic mass is 9.89. The number of alkyl halides is 19. The monoisotopic (exact) mass is 516 g/mol. The molecule has 176 valence electrons. The molecule has 0 aromatic carbocycles. The third-order valence-corrected chi connectivity index (χ3v) is 3.70. The zero-order valence-corrected chi connectivity index (χ0v) is 13.9. The predicted molar refractivity (Wildman–Crippen MR) is 61.0 cm³/mol. The minimum absolute atomic E-state index is 3.35. The van der Waals surface area contributed by atoms with Gasteiger partial charge in [-0.1, -0.05) is 11.6 Å². The lowest BCUT2D eigenvalue weighted by Crippen LogP contribution is -2.73. The van der Waals surface area contributed by atoms with E-state index in [4.69, 9.17) is 0 Å². The van der Waals surface area contributed by atoms with E-state index in [0.717, 1.165) is 0 Å². The molecule has 0 fully saturated rings. The molecule has 0 aliphatic rings. The Kier molecular flexibility index (Phi) is 7.35. The summed E-state index contributed by atoms with van der Waals surface area (Å²) in [6.45, 7) is 0. The van der Waals surface area contributed by atoms with Crippen LogP contribution in [0.5, 0.6) is 0 Å². The van der Waals surface area contributed by atoms with Gasteiger partial charge in [0.25, 0.3) is 0 Å². The van der Waals surface area contributed by atoms with Crippen molar-refractivity contribution in [3.63, 3.8) is 0 Å². The van der Waals surface area contributed by atoms with Crippen LogP contribution in [-0.2, 0) is 0 Å². The molecule has 29 heavy (non-hydrogen) atoms. The highest BCUT2D eigenvalue weighted by atomic mass is 35.5. The van der Waals surface area contributed by atoms with Gasteiger partial charge in [-0.15, -0.1) is 0 Å². The number of hydrogen-bond donors (Lipinski definition) is 0. The topological polar surface area (TPSA) is 0 Å². The Morgan fingerprint density at radius 1 is 0.483 bits per heavy atom. The van der Waals surface area contributed by atoms with Crippen LogP contribution in [0.4, 0.5) is 74.6 Å². The van der Waals surface area contributed by atoms with Crippen molar-refractivity contribution in [1.82, 2.24) is 0 Å². The standard InChI is InChI=1S/C10H3Cl2F17/c11-3(15)1(13)2(14)4(16,17)5(18,19)6(20,21)7(22,23)8(24,25)9(26,27)10(12,28)29/h1-3H. The molecule has 0 nitrogen and oxygen atoms in total. The summed E-state index contributed by atoms with van der Waals surface area (Å²) in [5, 5.41) is -6.82. The van der Waals surface area contributed by atoms with Crippen molar-refractivity contribution < 1.29 is 74.6 Å². The van der Waals surface area contributed by atoms with E-state index in [0.29, 0.717) is 0 Å². The molecule has 0 aromatic rings. The number of halogens is 19. The maximum absolute atomic E-state index is 13.2. The van der Waals surface area contributed by atoms with E-state index < -0.39 is 58.9 Å². The highest BCUT2D eigenvalue weighted by Gasteiger charge is 2.93. The Morgan fingerprint density at radius 3 is 1.03 bits per heavy atom. The molecule has 0 saturated carbocycles. The molecule has 0 N–H and O–H groups in total. The van der Waals surface area contributed by atoms with Gasteiger partial charge in [-0.3, -0.25) is 0 Å². The van der Waals surface area contributed by atoms with Gasteiger partial charge in [-0.25, -0.2) is 13.2 Å². The van der Waals surface area contributed by atoms with Gasteiger partial charge < -0.3 is 0 Å². The summed E-state index contributed by atoms with van der Waals surface area (Å²) < 4.78 is 219. The van der Waals surface area contributed by atoms with Gasteiger partial charge in [0.2, 0.25) is 11.8 Å². The van der Waals surface area contributed by atoms with E-state index in [1.165, 1.54) is 0 Å². The minimum Gasteiger partial charge on any atom is -0.239 e. The van der Waals surface area contributed by atoms with Crippen LogP contribution in [0.2, 0.25) is 0 Å². The van der Waals surface area contributed by atoms with Crippen molar-refractivity contribution in [3.8, 4) is 0 Å². The first kappa shape index (κ1) is 28.4. The lowest BCUT2D eigenvalue weighted by Gasteiger charge is -2.42. The lowest BCUT2D eigenvalue weighted by molar-refractivity contribution is -0.439. The Balaban J connectivity index is 6.57. The van der Waals surface area contributed by atoms with E-state index in [-0.39, 0.29) is 0 Å². The van der Waals surface area contributed by atoms with E-state index >= 15 is 0 Å².